The van der Waals surface area contributed by atoms with Crippen LogP contribution in [-0.2, 0) is 19.9 Å². The standard InChI is InChI=1S/C21H33N5O/c1-15(14-20-16(2)25-26(5)17(20)3)24-21(22-4)23-13-7-8-18-9-11-19(27-6)12-10-18/h9-12,15H,7-8,13-14H2,1-6H3,(H2,22,23,24). The molecule has 0 aliphatic heterocycles. The quantitative estimate of drug-likeness (QED) is 0.425. The van der Waals surface area contributed by atoms with Gasteiger partial charge in [-0.3, -0.25) is 9.67 Å². The fraction of sp³-hybridized carbons (Fsp3) is 0.524. The van der Waals surface area contributed by atoms with Crippen LogP contribution in [0.3, 0.4) is 0 Å². The summed E-state index contributed by atoms with van der Waals surface area (Å²) in [5.41, 5.74) is 4.96. The minimum Gasteiger partial charge on any atom is -0.497 e. The summed E-state index contributed by atoms with van der Waals surface area (Å²) in [7, 11) is 5.49. The summed E-state index contributed by atoms with van der Waals surface area (Å²) in [6, 6.07) is 8.53. The Labute approximate surface area is 163 Å². The highest BCUT2D eigenvalue weighted by Crippen LogP contribution is 2.14. The molecule has 0 bridgehead atoms. The molecule has 2 aromatic rings. The summed E-state index contributed by atoms with van der Waals surface area (Å²) in [5, 5.41) is 11.4. The maximum absolute atomic E-state index is 5.19. The molecule has 6 nitrogen and oxygen atoms in total. The van der Waals surface area contributed by atoms with Gasteiger partial charge in [-0.1, -0.05) is 12.1 Å². The second-order valence-electron chi connectivity index (χ2n) is 6.97. The maximum Gasteiger partial charge on any atom is 0.191 e. The minimum atomic E-state index is 0.277. The number of nitrogens with one attached hydrogen (secondary N) is 2. The predicted octanol–water partition coefficient (Wildman–Crippen LogP) is 2.77. The van der Waals surface area contributed by atoms with Crippen LogP contribution in [-0.4, -0.2) is 42.5 Å². The number of ether oxygens (including phenoxy) is 1. The Morgan fingerprint density at radius 1 is 1.26 bits per heavy atom. The summed E-state index contributed by atoms with van der Waals surface area (Å²) in [5.74, 6) is 1.74. The number of benzene rings is 1. The maximum atomic E-state index is 5.19. The Morgan fingerprint density at radius 2 is 1.96 bits per heavy atom. The Kier molecular flexibility index (Phi) is 7.70. The number of methoxy groups -OCH3 is 1. The highest BCUT2D eigenvalue weighted by Gasteiger charge is 2.13. The van der Waals surface area contributed by atoms with Crippen LogP contribution < -0.4 is 15.4 Å². The van der Waals surface area contributed by atoms with Crippen LogP contribution in [0, 0.1) is 13.8 Å². The Bertz CT molecular complexity index is 749. The van der Waals surface area contributed by atoms with Crippen molar-refractivity contribution < 1.29 is 4.74 Å². The first-order valence-electron chi connectivity index (χ1n) is 9.53. The molecule has 1 aromatic heterocycles. The zero-order valence-corrected chi connectivity index (χ0v) is 17.5. The first-order chi connectivity index (χ1) is 12.9. The van der Waals surface area contributed by atoms with Gasteiger partial charge in [0.25, 0.3) is 0 Å². The van der Waals surface area contributed by atoms with Gasteiger partial charge in [0.05, 0.1) is 12.8 Å². The molecule has 0 aliphatic rings. The van der Waals surface area contributed by atoms with Gasteiger partial charge >= 0.3 is 0 Å². The molecule has 0 saturated carbocycles. The van der Waals surface area contributed by atoms with Gasteiger partial charge in [-0.25, -0.2) is 0 Å². The molecule has 1 heterocycles. The molecule has 0 aliphatic carbocycles. The molecule has 2 N–H and O–H groups in total. The molecular formula is C21H33N5O. The van der Waals surface area contributed by atoms with Crippen molar-refractivity contribution >= 4 is 5.96 Å². The second kappa shape index (κ2) is 10.00. The van der Waals surface area contributed by atoms with Crippen molar-refractivity contribution in [3.8, 4) is 5.75 Å². The topological polar surface area (TPSA) is 63.5 Å². The zero-order chi connectivity index (χ0) is 19.8. The average molecular weight is 372 g/mol. The summed E-state index contributed by atoms with van der Waals surface area (Å²) >= 11 is 0. The van der Waals surface area contributed by atoms with E-state index in [1.807, 2.05) is 30.9 Å². The number of aromatic nitrogens is 2. The largest absolute Gasteiger partial charge is 0.497 e. The van der Waals surface area contributed by atoms with Gasteiger partial charge in [-0.05, 0) is 63.3 Å². The predicted molar refractivity (Wildman–Crippen MR) is 112 cm³/mol. The zero-order valence-electron chi connectivity index (χ0n) is 17.5. The lowest BCUT2D eigenvalue weighted by atomic mass is 10.1. The number of aryl methyl sites for hydroxylation is 3. The molecule has 1 unspecified atom stereocenters. The summed E-state index contributed by atoms with van der Waals surface area (Å²) in [4.78, 5) is 4.34. The van der Waals surface area contributed by atoms with Crippen molar-refractivity contribution in [1.29, 1.82) is 0 Å². The van der Waals surface area contributed by atoms with Gasteiger partial charge in [0.15, 0.2) is 5.96 Å². The molecule has 0 fully saturated rings. The van der Waals surface area contributed by atoms with E-state index in [-0.39, 0.29) is 6.04 Å². The van der Waals surface area contributed by atoms with E-state index in [1.165, 1.54) is 16.8 Å². The van der Waals surface area contributed by atoms with Crippen LogP contribution in [0.15, 0.2) is 29.3 Å². The smallest absolute Gasteiger partial charge is 0.191 e. The molecule has 148 valence electrons. The first-order valence-corrected chi connectivity index (χ1v) is 9.53. The van der Waals surface area contributed by atoms with Crippen LogP contribution in [0.4, 0.5) is 0 Å². The van der Waals surface area contributed by atoms with Gasteiger partial charge in [-0.15, -0.1) is 0 Å². The number of guanidine groups is 1. The van der Waals surface area contributed by atoms with Crippen molar-refractivity contribution in [3.05, 3.63) is 46.8 Å². The number of hydrogen-bond acceptors (Lipinski definition) is 3. The second-order valence-corrected chi connectivity index (χ2v) is 6.97. The average Bonchev–Trinajstić information content (AvgIpc) is 2.90. The van der Waals surface area contributed by atoms with E-state index in [4.69, 9.17) is 4.74 Å². The lowest BCUT2D eigenvalue weighted by Crippen LogP contribution is -2.43. The Balaban J connectivity index is 1.76. The molecule has 6 heteroatoms. The fourth-order valence-corrected chi connectivity index (χ4v) is 3.19. The number of aliphatic imine (C=N–C) groups is 1. The van der Waals surface area contributed by atoms with Crippen molar-refractivity contribution in [2.75, 3.05) is 20.7 Å². The summed E-state index contributed by atoms with van der Waals surface area (Å²) in [6.07, 6.45) is 3.00. The third-order valence-corrected chi connectivity index (χ3v) is 4.87. The number of nitrogens with zero attached hydrogens (tertiary/aromatic N) is 3. The first kappa shape index (κ1) is 20.8. The van der Waals surface area contributed by atoms with Gasteiger partial charge < -0.3 is 15.4 Å². The van der Waals surface area contributed by atoms with Crippen LogP contribution >= 0.6 is 0 Å². The van der Waals surface area contributed by atoms with Crippen LogP contribution in [0.2, 0.25) is 0 Å². The Hall–Kier alpha value is -2.50. The van der Waals surface area contributed by atoms with E-state index in [0.717, 1.165) is 43.2 Å². The Morgan fingerprint density at radius 3 is 2.52 bits per heavy atom. The molecule has 0 spiro atoms. The number of rotatable bonds is 8. The molecule has 2 rings (SSSR count). The summed E-state index contributed by atoms with van der Waals surface area (Å²) < 4.78 is 7.14. The van der Waals surface area contributed by atoms with Crippen molar-refractivity contribution in [1.82, 2.24) is 20.4 Å². The molecule has 0 radical (unpaired) electrons. The van der Waals surface area contributed by atoms with E-state index in [2.05, 4.69) is 53.6 Å². The van der Waals surface area contributed by atoms with Gasteiger partial charge in [0, 0.05) is 32.4 Å². The van der Waals surface area contributed by atoms with E-state index >= 15 is 0 Å². The van der Waals surface area contributed by atoms with E-state index < -0.39 is 0 Å². The van der Waals surface area contributed by atoms with Gasteiger partial charge in [0.1, 0.15) is 5.75 Å². The SMILES string of the molecule is CN=C(NCCCc1ccc(OC)cc1)NC(C)Cc1c(C)nn(C)c1C. The third-order valence-electron chi connectivity index (χ3n) is 4.87. The molecule has 1 aromatic carbocycles. The number of hydrogen-bond donors (Lipinski definition) is 2. The highest BCUT2D eigenvalue weighted by molar-refractivity contribution is 5.79. The van der Waals surface area contributed by atoms with Gasteiger partial charge in [0.2, 0.25) is 0 Å². The van der Waals surface area contributed by atoms with Crippen LogP contribution in [0.25, 0.3) is 0 Å². The van der Waals surface area contributed by atoms with Crippen LogP contribution in [0.1, 0.15) is 35.9 Å². The molecule has 0 saturated heterocycles. The molecule has 1 atom stereocenters. The highest BCUT2D eigenvalue weighted by atomic mass is 16.5. The summed E-state index contributed by atoms with van der Waals surface area (Å²) in [6.45, 7) is 7.25. The lowest BCUT2D eigenvalue weighted by Gasteiger charge is -2.18. The monoisotopic (exact) mass is 371 g/mol. The fourth-order valence-electron chi connectivity index (χ4n) is 3.19. The molecule has 0 amide bonds. The van der Waals surface area contributed by atoms with E-state index in [1.54, 1.807) is 7.11 Å². The normalized spacial score (nSPS) is 12.7. The lowest BCUT2D eigenvalue weighted by molar-refractivity contribution is 0.414. The van der Waals surface area contributed by atoms with Crippen molar-refractivity contribution in [3.63, 3.8) is 0 Å². The van der Waals surface area contributed by atoms with Crippen molar-refractivity contribution in [2.45, 2.75) is 46.1 Å². The van der Waals surface area contributed by atoms with Gasteiger partial charge in [-0.2, -0.15) is 5.10 Å². The molecule has 27 heavy (non-hydrogen) atoms. The van der Waals surface area contributed by atoms with E-state index in [9.17, 15) is 0 Å². The van der Waals surface area contributed by atoms with E-state index in [0.29, 0.717) is 0 Å². The third kappa shape index (κ3) is 6.01. The molecular weight excluding hydrogens is 338 g/mol. The van der Waals surface area contributed by atoms with Crippen molar-refractivity contribution in [2.24, 2.45) is 12.0 Å². The minimum absolute atomic E-state index is 0.277. The van der Waals surface area contributed by atoms with Crippen LogP contribution in [0.5, 0.6) is 5.75 Å².